The van der Waals surface area contributed by atoms with E-state index in [1.807, 2.05) is 11.3 Å². The van der Waals surface area contributed by atoms with E-state index in [1.54, 1.807) is 11.8 Å². The minimum atomic E-state index is 0.156. The summed E-state index contributed by atoms with van der Waals surface area (Å²) in [7, 11) is 0. The van der Waals surface area contributed by atoms with Gasteiger partial charge in [0.15, 0.2) is 0 Å². The van der Waals surface area contributed by atoms with Gasteiger partial charge in [0.2, 0.25) is 0 Å². The Kier molecular flexibility index (Phi) is 7.95. The zero-order valence-corrected chi connectivity index (χ0v) is 35.5. The van der Waals surface area contributed by atoms with E-state index in [0.29, 0.717) is 0 Å². The number of aromatic nitrogens is 2. The van der Waals surface area contributed by atoms with Gasteiger partial charge in [0.05, 0.1) is 38.0 Å². The summed E-state index contributed by atoms with van der Waals surface area (Å²) in [5.74, 6) is 0.752. The lowest BCUT2D eigenvalue weighted by Gasteiger charge is -2.14. The summed E-state index contributed by atoms with van der Waals surface area (Å²) < 4.78 is 7.24. The third-order valence-corrected chi connectivity index (χ3v) is 15.0. The van der Waals surface area contributed by atoms with Gasteiger partial charge in [-0.25, -0.2) is 4.99 Å². The lowest BCUT2D eigenvalue weighted by molar-refractivity contribution is 1.19. The van der Waals surface area contributed by atoms with Crippen LogP contribution in [-0.4, -0.2) is 26.9 Å². The van der Waals surface area contributed by atoms with Crippen molar-refractivity contribution in [1.82, 2.24) is 9.13 Å². The molecule has 0 aliphatic carbocycles. The molecule has 7 heteroatoms. The molecule has 0 fully saturated rings. The summed E-state index contributed by atoms with van der Waals surface area (Å²) in [5.41, 5.74) is 10.1. The second-order valence-electron chi connectivity index (χ2n) is 15.8. The number of thioether (sulfide) groups is 1. The molecule has 0 amide bonds. The largest absolute Gasteiger partial charge is 0.309 e. The second-order valence-corrected chi connectivity index (χ2v) is 18.1. The number of alkyl halides is 1. The molecule has 1 aliphatic heterocycles. The summed E-state index contributed by atoms with van der Waals surface area (Å²) in [4.78, 5) is 10.8. The Morgan fingerprint density at radius 2 is 1.24 bits per heavy atom. The smallest absolute Gasteiger partial charge is 0.147 e. The average Bonchev–Trinajstić information content (AvgIpc) is 4.08. The van der Waals surface area contributed by atoms with Gasteiger partial charge in [-0.05, 0) is 76.5 Å². The van der Waals surface area contributed by atoms with Gasteiger partial charge in [0, 0.05) is 52.9 Å². The van der Waals surface area contributed by atoms with E-state index in [-0.39, 0.29) is 6.00 Å². The maximum Gasteiger partial charge on any atom is 0.147 e. The summed E-state index contributed by atoms with van der Waals surface area (Å²) in [6, 6.07) is 64.2. The van der Waals surface area contributed by atoms with Crippen LogP contribution in [0.1, 0.15) is 5.56 Å². The first-order chi connectivity index (χ1) is 30.7. The molecule has 4 heterocycles. The number of rotatable bonds is 5. The molecule has 0 spiro atoms. The molecule has 12 aromatic rings. The van der Waals surface area contributed by atoms with Crippen LogP contribution in [0.4, 0.5) is 0 Å². The molecule has 0 saturated carbocycles. The lowest BCUT2D eigenvalue weighted by atomic mass is 9.94. The number of hydrogen-bond donors (Lipinski definition) is 0. The van der Waals surface area contributed by atoms with Gasteiger partial charge in [-0.15, -0.1) is 22.9 Å². The van der Waals surface area contributed by atoms with Crippen molar-refractivity contribution in [3.8, 4) is 16.8 Å². The molecule has 3 aromatic heterocycles. The van der Waals surface area contributed by atoms with E-state index in [2.05, 4.69) is 192 Å². The maximum absolute atomic E-state index is 6.33. The van der Waals surface area contributed by atoms with E-state index in [1.165, 1.54) is 85.7 Å². The van der Waals surface area contributed by atoms with E-state index >= 15 is 0 Å². The quantitative estimate of drug-likeness (QED) is 0.0965. The molecular weight excluding hydrogens is 816 g/mol. The number of benzene rings is 9. The van der Waals surface area contributed by atoms with Crippen LogP contribution in [0.3, 0.4) is 0 Å². The zero-order chi connectivity index (χ0) is 41.1. The van der Waals surface area contributed by atoms with Gasteiger partial charge >= 0.3 is 0 Å². The molecule has 62 heavy (non-hydrogen) atoms. The Balaban J connectivity index is 1.12. The Morgan fingerprint density at radius 1 is 0.565 bits per heavy atom. The molecule has 13 rings (SSSR count). The molecule has 1 aliphatic rings. The number of aliphatic imine (C=N–C) groups is 2. The van der Waals surface area contributed by atoms with Crippen LogP contribution >= 0.6 is 34.7 Å². The highest BCUT2D eigenvalue weighted by Crippen LogP contribution is 2.51. The van der Waals surface area contributed by atoms with Crippen LogP contribution in [-0.2, 0) is 0 Å². The van der Waals surface area contributed by atoms with Crippen LogP contribution < -0.4 is 0 Å². The van der Waals surface area contributed by atoms with Crippen LogP contribution in [0.5, 0.6) is 0 Å². The van der Waals surface area contributed by atoms with Crippen LogP contribution in [0, 0.1) is 0 Å². The highest BCUT2D eigenvalue weighted by molar-refractivity contribution is 8.15. The first kappa shape index (κ1) is 35.8. The minimum absolute atomic E-state index is 0.156. The fourth-order valence-corrected chi connectivity index (χ4v) is 12.6. The minimum Gasteiger partial charge on any atom is -0.309 e. The highest BCUT2D eigenvalue weighted by atomic mass is 35.5. The van der Waals surface area contributed by atoms with Gasteiger partial charge in [-0.1, -0.05) is 145 Å². The van der Waals surface area contributed by atoms with Crippen molar-refractivity contribution in [1.29, 1.82) is 0 Å². The van der Waals surface area contributed by atoms with Crippen molar-refractivity contribution in [2.75, 3.05) is 6.00 Å². The fourth-order valence-electron chi connectivity index (χ4n) is 10.1. The number of hydrogen-bond acceptors (Lipinski definition) is 4. The summed E-state index contributed by atoms with van der Waals surface area (Å²) in [6.07, 6.45) is 0. The Labute approximate surface area is 369 Å². The molecule has 0 radical (unpaired) electrons. The van der Waals surface area contributed by atoms with Gasteiger partial charge in [-0.3, -0.25) is 9.56 Å². The average molecular weight is 849 g/mol. The standard InChI is InChI=1S/C55H33ClN4S2/c1-57-54(51-41-19-7-11-24-48(41)62-55(51)58-31-56)60-45-21-9-5-17-39(45)49-38-28-26-33(29-42(38)50-40-18-6-10-23-47(40)61-53(50)52(49)60)34-25-27-37-36-16-4-8-20-44(36)59(46(37)30-34)43-22-12-14-32-13-2-3-15-35(32)43/h2-30H,1,31H2/b54-51+,58-55+. The lowest BCUT2D eigenvalue weighted by Crippen LogP contribution is -2.02. The molecule has 9 aromatic carbocycles. The van der Waals surface area contributed by atoms with Crippen molar-refractivity contribution < 1.29 is 0 Å². The second kappa shape index (κ2) is 13.8. The molecule has 0 saturated heterocycles. The Morgan fingerprint density at radius 3 is 2.10 bits per heavy atom. The van der Waals surface area contributed by atoms with E-state index in [9.17, 15) is 0 Å². The Bertz CT molecular complexity index is 3970. The first-order valence-corrected chi connectivity index (χ1v) is 22.8. The fraction of sp³-hybridized carbons (Fsp3) is 0.0182. The molecule has 4 nitrogen and oxygen atoms in total. The third kappa shape index (κ3) is 5.03. The van der Waals surface area contributed by atoms with Crippen molar-refractivity contribution in [2.45, 2.75) is 4.90 Å². The zero-order valence-electron chi connectivity index (χ0n) is 33.1. The van der Waals surface area contributed by atoms with Crippen molar-refractivity contribution in [3.63, 3.8) is 0 Å². The van der Waals surface area contributed by atoms with Crippen molar-refractivity contribution in [3.05, 3.63) is 181 Å². The number of para-hydroxylation sites is 2. The van der Waals surface area contributed by atoms with E-state index in [0.717, 1.165) is 43.3 Å². The van der Waals surface area contributed by atoms with Crippen LogP contribution in [0.25, 0.3) is 114 Å². The van der Waals surface area contributed by atoms with E-state index in [4.69, 9.17) is 21.6 Å². The Hall–Kier alpha value is -6.96. The first-order valence-electron chi connectivity index (χ1n) is 20.6. The predicted octanol–water partition coefficient (Wildman–Crippen LogP) is 16.0. The third-order valence-electron chi connectivity index (χ3n) is 12.6. The number of thiophene rings is 1. The number of nitrogens with zero attached hydrogens (tertiary/aromatic N) is 4. The normalized spacial score (nSPS) is 14.5. The summed E-state index contributed by atoms with van der Waals surface area (Å²) in [5, 5.41) is 13.1. The topological polar surface area (TPSA) is 34.6 Å². The maximum atomic E-state index is 6.33. The van der Waals surface area contributed by atoms with Gasteiger partial charge in [0.25, 0.3) is 0 Å². The van der Waals surface area contributed by atoms with Gasteiger partial charge < -0.3 is 4.57 Å². The number of halogens is 1. The molecule has 292 valence electrons. The molecule has 0 atom stereocenters. The molecule has 0 unspecified atom stereocenters. The van der Waals surface area contributed by atoms with Crippen LogP contribution in [0.2, 0.25) is 0 Å². The molecular formula is C55H33ClN4S2. The van der Waals surface area contributed by atoms with Crippen molar-refractivity contribution >= 4 is 143 Å². The molecule has 0 bridgehead atoms. The predicted molar refractivity (Wildman–Crippen MR) is 270 cm³/mol. The van der Waals surface area contributed by atoms with Crippen molar-refractivity contribution in [2.24, 2.45) is 9.98 Å². The highest BCUT2D eigenvalue weighted by Gasteiger charge is 2.30. The molecule has 0 N–H and O–H groups in total. The van der Waals surface area contributed by atoms with Gasteiger partial charge in [-0.2, -0.15) is 0 Å². The SMILES string of the molecule is C=N/C(=C1\C(=N/CCl)Sc2ccccc21)n1c2ccccc2c2c3ccc(-c4ccc5c6ccccc6n(-c6cccc7ccccc67)c5c4)cc3c3c4ccccc4sc3c21. The number of fused-ring (bicyclic) bond motifs is 15. The van der Waals surface area contributed by atoms with Gasteiger partial charge in [0.1, 0.15) is 16.9 Å². The summed E-state index contributed by atoms with van der Waals surface area (Å²) in [6.45, 7) is 4.22. The van der Waals surface area contributed by atoms with Crippen LogP contribution in [0.15, 0.2) is 191 Å². The summed E-state index contributed by atoms with van der Waals surface area (Å²) >= 11 is 9.81. The van der Waals surface area contributed by atoms with E-state index < -0.39 is 0 Å². The monoisotopic (exact) mass is 848 g/mol.